The monoisotopic (exact) mass is 369 g/mol. The van der Waals surface area contributed by atoms with Crippen molar-refractivity contribution < 1.29 is 9.53 Å². The van der Waals surface area contributed by atoms with Crippen molar-refractivity contribution in [1.29, 1.82) is 0 Å². The molecule has 1 fully saturated rings. The van der Waals surface area contributed by atoms with Gasteiger partial charge in [-0.15, -0.1) is 24.8 Å². The Bertz CT molecular complexity index is 451. The minimum Gasteiger partial charge on any atom is -0.379 e. The van der Waals surface area contributed by atoms with Gasteiger partial charge in [0.1, 0.15) is 0 Å². The first-order valence-electron chi connectivity index (χ1n) is 7.25. The second-order valence-electron chi connectivity index (χ2n) is 4.99. The fraction of sp³-hybridized carbons (Fsp3) is 0.714. The summed E-state index contributed by atoms with van der Waals surface area (Å²) in [5.74, 6) is 0.205. The summed E-state index contributed by atoms with van der Waals surface area (Å²) in [5.41, 5.74) is 0.848. The van der Waals surface area contributed by atoms with E-state index in [1.54, 1.807) is 0 Å². The molecule has 1 aliphatic heterocycles. The standard InChI is InChI=1S/C14H23N3O2S.2ClH/c1-3-5-15-14-16-11(2)13(20-14)12(18)4-6-17-7-9-19-10-8-17;;/h3-10H2,1-2H3,(H,15,16);2*1H. The summed E-state index contributed by atoms with van der Waals surface area (Å²) in [7, 11) is 0. The maximum atomic E-state index is 12.3. The molecule has 0 aliphatic carbocycles. The molecule has 0 aromatic carbocycles. The Morgan fingerprint density at radius 1 is 1.36 bits per heavy atom. The van der Waals surface area contributed by atoms with E-state index in [4.69, 9.17) is 4.74 Å². The molecule has 0 unspecified atom stereocenters. The van der Waals surface area contributed by atoms with E-state index in [-0.39, 0.29) is 30.6 Å². The number of nitrogens with zero attached hydrogens (tertiary/aromatic N) is 2. The van der Waals surface area contributed by atoms with E-state index in [1.807, 2.05) is 6.92 Å². The van der Waals surface area contributed by atoms with E-state index in [0.717, 1.165) is 61.5 Å². The van der Waals surface area contributed by atoms with Gasteiger partial charge in [-0.2, -0.15) is 0 Å². The minimum absolute atomic E-state index is 0. The zero-order valence-electron chi connectivity index (χ0n) is 13.1. The summed E-state index contributed by atoms with van der Waals surface area (Å²) in [5, 5.41) is 4.10. The molecule has 5 nitrogen and oxygen atoms in total. The molecular weight excluding hydrogens is 345 g/mol. The SMILES string of the molecule is CCCNc1nc(C)c(C(=O)CCN2CCOCC2)s1.Cl.Cl. The second-order valence-corrected chi connectivity index (χ2v) is 5.99. The van der Waals surface area contributed by atoms with Gasteiger partial charge in [0.05, 0.1) is 23.8 Å². The van der Waals surface area contributed by atoms with Crippen LogP contribution in [0.5, 0.6) is 0 Å². The van der Waals surface area contributed by atoms with E-state index in [0.29, 0.717) is 6.42 Å². The highest BCUT2D eigenvalue weighted by Gasteiger charge is 2.17. The Balaban J connectivity index is 0.00000220. The number of nitrogens with one attached hydrogen (secondary N) is 1. The smallest absolute Gasteiger partial charge is 0.183 e. The number of Topliss-reactive ketones (excluding diaryl/α,β-unsaturated/α-hetero) is 1. The molecule has 2 heterocycles. The minimum atomic E-state index is 0. The number of anilines is 1. The summed E-state index contributed by atoms with van der Waals surface area (Å²) in [6, 6.07) is 0. The summed E-state index contributed by atoms with van der Waals surface area (Å²) < 4.78 is 5.31. The van der Waals surface area contributed by atoms with E-state index >= 15 is 0 Å². The molecule has 1 saturated heterocycles. The molecule has 1 aliphatic rings. The van der Waals surface area contributed by atoms with Crippen LogP contribution in [0.25, 0.3) is 0 Å². The summed E-state index contributed by atoms with van der Waals surface area (Å²) in [4.78, 5) is 19.8. The maximum absolute atomic E-state index is 12.3. The van der Waals surface area contributed by atoms with Crippen LogP contribution in [-0.4, -0.2) is 55.1 Å². The number of morpholine rings is 1. The normalized spacial score (nSPS) is 14.8. The highest BCUT2D eigenvalue weighted by molar-refractivity contribution is 7.17. The van der Waals surface area contributed by atoms with E-state index in [2.05, 4.69) is 22.1 Å². The van der Waals surface area contributed by atoms with Crippen molar-refractivity contribution >= 4 is 47.1 Å². The number of hydrogen-bond acceptors (Lipinski definition) is 6. The first kappa shape index (κ1) is 21.6. The number of carbonyl (C=O) groups excluding carboxylic acids is 1. The molecule has 1 aromatic heterocycles. The highest BCUT2D eigenvalue weighted by atomic mass is 35.5. The van der Waals surface area contributed by atoms with Crippen molar-refractivity contribution in [3.63, 3.8) is 0 Å². The molecule has 2 rings (SSSR count). The fourth-order valence-electron chi connectivity index (χ4n) is 2.16. The lowest BCUT2D eigenvalue weighted by molar-refractivity contribution is 0.0370. The number of aryl methyl sites for hydroxylation is 1. The second kappa shape index (κ2) is 11.2. The van der Waals surface area contributed by atoms with Crippen LogP contribution in [0.15, 0.2) is 0 Å². The lowest BCUT2D eigenvalue weighted by Gasteiger charge is -2.26. The number of thiazole rings is 1. The third kappa shape index (κ3) is 6.38. The lowest BCUT2D eigenvalue weighted by atomic mass is 10.2. The topological polar surface area (TPSA) is 54.5 Å². The molecular formula is C14H25Cl2N3O2S. The number of aromatic nitrogens is 1. The van der Waals surface area contributed by atoms with Crippen LogP contribution in [0.1, 0.15) is 35.1 Å². The van der Waals surface area contributed by atoms with Gasteiger partial charge in [-0.3, -0.25) is 9.69 Å². The number of ether oxygens (including phenoxy) is 1. The van der Waals surface area contributed by atoms with Crippen LogP contribution in [0.4, 0.5) is 5.13 Å². The van der Waals surface area contributed by atoms with Gasteiger partial charge in [0.2, 0.25) is 0 Å². The molecule has 1 aromatic rings. The Morgan fingerprint density at radius 3 is 2.68 bits per heavy atom. The number of ketones is 1. The van der Waals surface area contributed by atoms with Gasteiger partial charge in [-0.25, -0.2) is 4.98 Å². The van der Waals surface area contributed by atoms with Crippen LogP contribution in [0.2, 0.25) is 0 Å². The summed E-state index contributed by atoms with van der Waals surface area (Å²) in [6.45, 7) is 9.15. The van der Waals surface area contributed by atoms with Gasteiger partial charge in [-0.05, 0) is 13.3 Å². The molecule has 0 atom stereocenters. The fourth-order valence-corrected chi connectivity index (χ4v) is 3.12. The third-order valence-corrected chi connectivity index (χ3v) is 4.49. The van der Waals surface area contributed by atoms with Crippen molar-refractivity contribution in [3.8, 4) is 0 Å². The first-order chi connectivity index (χ1) is 9.70. The predicted molar refractivity (Wildman–Crippen MR) is 96.3 cm³/mol. The molecule has 1 N–H and O–H groups in total. The Hall–Kier alpha value is -0.400. The summed E-state index contributed by atoms with van der Waals surface area (Å²) in [6.07, 6.45) is 1.62. The maximum Gasteiger partial charge on any atom is 0.183 e. The van der Waals surface area contributed by atoms with Crippen molar-refractivity contribution in [1.82, 2.24) is 9.88 Å². The van der Waals surface area contributed by atoms with Crippen LogP contribution in [-0.2, 0) is 4.74 Å². The Morgan fingerprint density at radius 2 is 2.05 bits per heavy atom. The van der Waals surface area contributed by atoms with Gasteiger partial charge in [0, 0.05) is 32.6 Å². The average molecular weight is 370 g/mol. The van der Waals surface area contributed by atoms with E-state index < -0.39 is 0 Å². The molecule has 0 spiro atoms. The van der Waals surface area contributed by atoms with Crippen molar-refractivity contribution in [3.05, 3.63) is 10.6 Å². The average Bonchev–Trinajstić information content (AvgIpc) is 2.85. The quantitative estimate of drug-likeness (QED) is 0.748. The van der Waals surface area contributed by atoms with Crippen LogP contribution in [0.3, 0.4) is 0 Å². The van der Waals surface area contributed by atoms with Crippen molar-refractivity contribution in [2.45, 2.75) is 26.7 Å². The van der Waals surface area contributed by atoms with Crippen molar-refractivity contribution in [2.75, 3.05) is 44.7 Å². The van der Waals surface area contributed by atoms with E-state index in [9.17, 15) is 4.79 Å². The van der Waals surface area contributed by atoms with Gasteiger partial charge in [0.15, 0.2) is 10.9 Å². The molecule has 0 radical (unpaired) electrons. The van der Waals surface area contributed by atoms with Gasteiger partial charge >= 0.3 is 0 Å². The zero-order valence-corrected chi connectivity index (χ0v) is 15.5. The highest BCUT2D eigenvalue weighted by Crippen LogP contribution is 2.24. The number of carbonyl (C=O) groups is 1. The number of rotatable bonds is 7. The lowest BCUT2D eigenvalue weighted by Crippen LogP contribution is -2.37. The van der Waals surface area contributed by atoms with Gasteiger partial charge in [-0.1, -0.05) is 18.3 Å². The summed E-state index contributed by atoms with van der Waals surface area (Å²) >= 11 is 1.48. The zero-order chi connectivity index (χ0) is 14.4. The van der Waals surface area contributed by atoms with Gasteiger partial charge in [0.25, 0.3) is 0 Å². The number of halogens is 2. The van der Waals surface area contributed by atoms with Crippen LogP contribution < -0.4 is 5.32 Å². The van der Waals surface area contributed by atoms with E-state index in [1.165, 1.54) is 11.3 Å². The molecule has 0 amide bonds. The van der Waals surface area contributed by atoms with Crippen LogP contribution in [0, 0.1) is 6.92 Å². The molecule has 22 heavy (non-hydrogen) atoms. The molecule has 128 valence electrons. The van der Waals surface area contributed by atoms with Gasteiger partial charge < -0.3 is 10.1 Å². The molecule has 0 saturated carbocycles. The Labute approximate surface area is 148 Å². The largest absolute Gasteiger partial charge is 0.379 e. The molecule has 8 heteroatoms. The number of hydrogen-bond donors (Lipinski definition) is 1. The van der Waals surface area contributed by atoms with Crippen LogP contribution >= 0.6 is 36.2 Å². The molecule has 0 bridgehead atoms. The Kier molecular flexibility index (Phi) is 11.0. The predicted octanol–water partition coefficient (Wildman–Crippen LogP) is 3.02. The third-order valence-electron chi connectivity index (χ3n) is 3.33. The van der Waals surface area contributed by atoms with Crippen molar-refractivity contribution in [2.24, 2.45) is 0 Å². The first-order valence-corrected chi connectivity index (χ1v) is 8.07.